The minimum absolute atomic E-state index is 0.0178. The van der Waals surface area contributed by atoms with Gasteiger partial charge < -0.3 is 0 Å². The van der Waals surface area contributed by atoms with Gasteiger partial charge in [-0.2, -0.15) is 0 Å². The number of thioether (sulfide) groups is 1. The highest BCUT2D eigenvalue weighted by molar-refractivity contribution is 7.99. The summed E-state index contributed by atoms with van der Waals surface area (Å²) in [7, 11) is 0. The average Bonchev–Trinajstić information content (AvgIpc) is 2.39. The number of halogens is 2. The maximum Gasteiger partial charge on any atom is 0.127 e. The van der Waals surface area contributed by atoms with Crippen LogP contribution in [0.1, 0.15) is 35.5 Å². The standard InChI is InChI=1S/C16H16F2S/c1-11(13-7-3-5-9-15(13)17)19-12(2)14-8-4-6-10-16(14)18/h3-12H,1-2H3. The third-order valence-corrected chi connectivity index (χ3v) is 4.42. The van der Waals surface area contributed by atoms with Crippen LogP contribution in [0.5, 0.6) is 0 Å². The van der Waals surface area contributed by atoms with Gasteiger partial charge in [0.25, 0.3) is 0 Å². The van der Waals surface area contributed by atoms with Crippen LogP contribution in [0.2, 0.25) is 0 Å². The van der Waals surface area contributed by atoms with Gasteiger partial charge in [-0.05, 0) is 26.0 Å². The molecule has 0 amide bonds. The van der Waals surface area contributed by atoms with Crippen LogP contribution in [0, 0.1) is 11.6 Å². The van der Waals surface area contributed by atoms with E-state index < -0.39 is 0 Å². The summed E-state index contributed by atoms with van der Waals surface area (Å²) in [6.07, 6.45) is 0. The van der Waals surface area contributed by atoms with Crippen molar-refractivity contribution < 1.29 is 8.78 Å². The third kappa shape index (κ3) is 3.35. The summed E-state index contributed by atoms with van der Waals surface area (Å²) in [6, 6.07) is 13.5. The summed E-state index contributed by atoms with van der Waals surface area (Å²) in [5.41, 5.74) is 1.33. The summed E-state index contributed by atoms with van der Waals surface area (Å²) < 4.78 is 27.4. The van der Waals surface area contributed by atoms with Gasteiger partial charge in [-0.25, -0.2) is 8.78 Å². The zero-order valence-electron chi connectivity index (χ0n) is 10.9. The number of hydrogen-bond acceptors (Lipinski definition) is 1. The van der Waals surface area contributed by atoms with Crippen LogP contribution < -0.4 is 0 Å². The van der Waals surface area contributed by atoms with Gasteiger partial charge in [-0.3, -0.25) is 0 Å². The molecule has 0 heterocycles. The summed E-state index contributed by atoms with van der Waals surface area (Å²) in [6.45, 7) is 3.89. The first-order chi connectivity index (χ1) is 9.09. The third-order valence-electron chi connectivity index (χ3n) is 3.09. The first-order valence-corrected chi connectivity index (χ1v) is 7.18. The van der Waals surface area contributed by atoms with E-state index in [1.807, 2.05) is 26.0 Å². The van der Waals surface area contributed by atoms with Crippen molar-refractivity contribution in [2.45, 2.75) is 24.3 Å². The monoisotopic (exact) mass is 278 g/mol. The van der Waals surface area contributed by atoms with E-state index in [9.17, 15) is 8.78 Å². The van der Waals surface area contributed by atoms with Gasteiger partial charge in [0.15, 0.2) is 0 Å². The summed E-state index contributed by atoms with van der Waals surface area (Å²) in [5, 5.41) is -0.0355. The Bertz CT molecular complexity index is 504. The first kappa shape index (κ1) is 14.1. The van der Waals surface area contributed by atoms with Crippen molar-refractivity contribution in [3.05, 3.63) is 71.3 Å². The number of benzene rings is 2. The second-order valence-electron chi connectivity index (χ2n) is 4.46. The molecule has 2 atom stereocenters. The van der Waals surface area contributed by atoms with Gasteiger partial charge in [0.2, 0.25) is 0 Å². The normalized spacial score (nSPS) is 14.1. The van der Waals surface area contributed by atoms with E-state index in [0.29, 0.717) is 11.1 Å². The maximum atomic E-state index is 13.7. The minimum atomic E-state index is -0.205. The fourth-order valence-corrected chi connectivity index (χ4v) is 3.35. The fraction of sp³-hybridized carbons (Fsp3) is 0.250. The lowest BCUT2D eigenvalue weighted by Gasteiger charge is -2.18. The van der Waals surface area contributed by atoms with E-state index in [1.54, 1.807) is 36.0 Å². The minimum Gasteiger partial charge on any atom is -0.207 e. The van der Waals surface area contributed by atoms with Crippen molar-refractivity contribution in [3.63, 3.8) is 0 Å². The van der Waals surface area contributed by atoms with Crippen molar-refractivity contribution in [1.29, 1.82) is 0 Å². The summed E-state index contributed by atoms with van der Waals surface area (Å²) in [5.74, 6) is -0.411. The van der Waals surface area contributed by atoms with Gasteiger partial charge in [0.05, 0.1) is 0 Å². The van der Waals surface area contributed by atoms with E-state index >= 15 is 0 Å². The summed E-state index contributed by atoms with van der Waals surface area (Å²) in [4.78, 5) is 0. The lowest BCUT2D eigenvalue weighted by molar-refractivity contribution is 0.608. The fourth-order valence-electron chi connectivity index (χ4n) is 2.06. The molecule has 19 heavy (non-hydrogen) atoms. The highest BCUT2D eigenvalue weighted by Gasteiger charge is 2.17. The Kier molecular flexibility index (Phi) is 4.59. The predicted molar refractivity (Wildman–Crippen MR) is 77.2 cm³/mol. The van der Waals surface area contributed by atoms with Crippen molar-refractivity contribution in [3.8, 4) is 0 Å². The van der Waals surface area contributed by atoms with E-state index in [-0.39, 0.29) is 22.1 Å². The molecule has 0 N–H and O–H groups in total. The second-order valence-corrected chi connectivity index (χ2v) is 6.15. The molecule has 2 aromatic rings. The molecule has 100 valence electrons. The molecule has 0 aliphatic heterocycles. The molecular weight excluding hydrogens is 262 g/mol. The Morgan fingerprint density at radius 3 is 1.47 bits per heavy atom. The molecule has 0 aromatic heterocycles. The van der Waals surface area contributed by atoms with Crippen LogP contribution in [0.3, 0.4) is 0 Å². The van der Waals surface area contributed by atoms with Crippen LogP contribution in [-0.2, 0) is 0 Å². The number of rotatable bonds is 4. The molecule has 0 nitrogen and oxygen atoms in total. The Morgan fingerprint density at radius 1 is 0.737 bits per heavy atom. The maximum absolute atomic E-state index is 13.7. The molecule has 0 aliphatic rings. The highest BCUT2D eigenvalue weighted by Crippen LogP contribution is 2.41. The van der Waals surface area contributed by atoms with Gasteiger partial charge in [0, 0.05) is 21.6 Å². The van der Waals surface area contributed by atoms with Crippen molar-refractivity contribution in [1.82, 2.24) is 0 Å². The molecule has 2 aromatic carbocycles. The van der Waals surface area contributed by atoms with Gasteiger partial charge >= 0.3 is 0 Å². The van der Waals surface area contributed by atoms with Crippen LogP contribution >= 0.6 is 11.8 Å². The Morgan fingerprint density at radius 2 is 1.11 bits per heavy atom. The van der Waals surface area contributed by atoms with E-state index in [0.717, 1.165) is 0 Å². The molecule has 0 spiro atoms. The molecule has 0 fully saturated rings. The van der Waals surface area contributed by atoms with E-state index in [4.69, 9.17) is 0 Å². The average molecular weight is 278 g/mol. The molecule has 2 unspecified atom stereocenters. The molecule has 0 bridgehead atoms. The van der Waals surface area contributed by atoms with Crippen LogP contribution in [-0.4, -0.2) is 0 Å². The molecule has 0 saturated carbocycles. The quantitative estimate of drug-likeness (QED) is 0.709. The SMILES string of the molecule is CC(SC(C)c1ccccc1F)c1ccccc1F. The molecular formula is C16H16F2S. The lowest BCUT2D eigenvalue weighted by atomic mass is 10.1. The Labute approximate surface area is 116 Å². The van der Waals surface area contributed by atoms with Crippen LogP contribution in [0.25, 0.3) is 0 Å². The van der Waals surface area contributed by atoms with Crippen molar-refractivity contribution >= 4 is 11.8 Å². The largest absolute Gasteiger partial charge is 0.207 e. The lowest BCUT2D eigenvalue weighted by Crippen LogP contribution is -1.98. The van der Waals surface area contributed by atoms with E-state index in [1.165, 1.54) is 12.1 Å². The number of hydrogen-bond donors (Lipinski definition) is 0. The van der Waals surface area contributed by atoms with Crippen LogP contribution in [0.4, 0.5) is 8.78 Å². The van der Waals surface area contributed by atoms with E-state index in [2.05, 4.69) is 0 Å². The molecule has 2 rings (SSSR count). The topological polar surface area (TPSA) is 0 Å². The van der Waals surface area contributed by atoms with Gasteiger partial charge in [0.1, 0.15) is 11.6 Å². The highest BCUT2D eigenvalue weighted by atomic mass is 32.2. The first-order valence-electron chi connectivity index (χ1n) is 6.24. The summed E-state index contributed by atoms with van der Waals surface area (Å²) >= 11 is 1.55. The van der Waals surface area contributed by atoms with Gasteiger partial charge in [-0.15, -0.1) is 11.8 Å². The van der Waals surface area contributed by atoms with Crippen LogP contribution in [0.15, 0.2) is 48.5 Å². The predicted octanol–water partition coefficient (Wildman–Crippen LogP) is 5.52. The zero-order valence-corrected chi connectivity index (χ0v) is 11.8. The smallest absolute Gasteiger partial charge is 0.127 e. The van der Waals surface area contributed by atoms with Gasteiger partial charge in [-0.1, -0.05) is 36.4 Å². The Hall–Kier alpha value is -1.35. The van der Waals surface area contributed by atoms with Crippen molar-refractivity contribution in [2.24, 2.45) is 0 Å². The molecule has 0 radical (unpaired) electrons. The molecule has 0 saturated heterocycles. The zero-order chi connectivity index (χ0) is 13.8. The Balaban J connectivity index is 2.13. The molecule has 0 aliphatic carbocycles. The molecule has 3 heteroatoms. The van der Waals surface area contributed by atoms with Crippen molar-refractivity contribution in [2.75, 3.05) is 0 Å². The second kappa shape index (κ2) is 6.20.